The molecule has 1 aromatic rings. The summed E-state index contributed by atoms with van der Waals surface area (Å²) in [7, 11) is 0. The molecule has 0 radical (unpaired) electrons. The van der Waals surface area contributed by atoms with E-state index in [9.17, 15) is 0 Å². The largest absolute Gasteiger partial charge is 0.475 e. The summed E-state index contributed by atoms with van der Waals surface area (Å²) in [5, 5.41) is 4.21. The van der Waals surface area contributed by atoms with Gasteiger partial charge in [-0.15, -0.1) is 0 Å². The predicted molar refractivity (Wildman–Crippen MR) is 67.5 cm³/mol. The van der Waals surface area contributed by atoms with E-state index in [0.29, 0.717) is 28.5 Å². The minimum atomic E-state index is 0.428. The summed E-state index contributed by atoms with van der Waals surface area (Å²) >= 11 is 11.6. The summed E-state index contributed by atoms with van der Waals surface area (Å²) in [4.78, 5) is 4.00. The van der Waals surface area contributed by atoms with Crippen LogP contribution in [0.3, 0.4) is 0 Å². The van der Waals surface area contributed by atoms with Crippen molar-refractivity contribution < 1.29 is 4.74 Å². The molecule has 0 atom stereocenters. The van der Waals surface area contributed by atoms with E-state index in [1.54, 1.807) is 6.07 Å². The van der Waals surface area contributed by atoms with Crippen LogP contribution in [0.5, 0.6) is 5.88 Å². The third-order valence-electron chi connectivity index (χ3n) is 1.84. The van der Waals surface area contributed by atoms with Crippen LogP contribution in [0.15, 0.2) is 12.3 Å². The summed E-state index contributed by atoms with van der Waals surface area (Å²) in [6.07, 6.45) is 1.52. The molecular formula is C11H16Cl2N2O. The van der Waals surface area contributed by atoms with E-state index in [2.05, 4.69) is 24.1 Å². The highest BCUT2D eigenvalue weighted by molar-refractivity contribution is 6.35. The van der Waals surface area contributed by atoms with Gasteiger partial charge in [-0.05, 0) is 18.5 Å². The Hall–Kier alpha value is -0.510. The second-order valence-electron chi connectivity index (χ2n) is 3.89. The van der Waals surface area contributed by atoms with Crippen molar-refractivity contribution in [2.45, 2.75) is 13.8 Å². The van der Waals surface area contributed by atoms with Gasteiger partial charge in [0.05, 0.1) is 5.02 Å². The highest BCUT2D eigenvalue weighted by atomic mass is 35.5. The van der Waals surface area contributed by atoms with Crippen LogP contribution in [0.25, 0.3) is 0 Å². The van der Waals surface area contributed by atoms with E-state index in [4.69, 9.17) is 27.9 Å². The summed E-state index contributed by atoms with van der Waals surface area (Å²) in [5.41, 5.74) is 0. The molecule has 1 heterocycles. The molecule has 1 aromatic heterocycles. The first-order valence-electron chi connectivity index (χ1n) is 5.24. The molecule has 0 saturated heterocycles. The van der Waals surface area contributed by atoms with Crippen LogP contribution in [0.2, 0.25) is 10.0 Å². The van der Waals surface area contributed by atoms with E-state index in [0.717, 1.165) is 13.1 Å². The van der Waals surface area contributed by atoms with Crippen molar-refractivity contribution in [1.82, 2.24) is 10.3 Å². The third-order valence-corrected chi connectivity index (χ3v) is 2.32. The minimum absolute atomic E-state index is 0.428. The van der Waals surface area contributed by atoms with E-state index >= 15 is 0 Å². The highest BCUT2D eigenvalue weighted by Gasteiger charge is 2.03. The van der Waals surface area contributed by atoms with Crippen LogP contribution < -0.4 is 10.1 Å². The lowest BCUT2D eigenvalue weighted by Crippen LogP contribution is -2.25. The molecule has 1 rings (SSSR count). The molecule has 0 aromatic carbocycles. The van der Waals surface area contributed by atoms with Crippen LogP contribution in [0.4, 0.5) is 0 Å². The van der Waals surface area contributed by atoms with Gasteiger partial charge in [-0.2, -0.15) is 0 Å². The van der Waals surface area contributed by atoms with E-state index < -0.39 is 0 Å². The Bertz CT molecular complexity index is 332. The molecular weight excluding hydrogens is 247 g/mol. The zero-order valence-electron chi connectivity index (χ0n) is 9.46. The van der Waals surface area contributed by atoms with Gasteiger partial charge in [-0.1, -0.05) is 37.0 Å². The predicted octanol–water partition coefficient (Wildman–Crippen LogP) is 3.01. The molecule has 0 spiro atoms. The molecule has 5 heteroatoms. The van der Waals surface area contributed by atoms with Gasteiger partial charge in [0, 0.05) is 12.7 Å². The van der Waals surface area contributed by atoms with Gasteiger partial charge in [-0.3, -0.25) is 0 Å². The molecule has 0 aliphatic heterocycles. The van der Waals surface area contributed by atoms with Crippen molar-refractivity contribution in [3.63, 3.8) is 0 Å². The maximum atomic E-state index is 5.90. The second-order valence-corrected chi connectivity index (χ2v) is 4.73. The Labute approximate surface area is 106 Å². The average molecular weight is 263 g/mol. The molecule has 0 unspecified atom stereocenters. The number of nitrogens with zero attached hydrogens (tertiary/aromatic N) is 1. The first-order chi connectivity index (χ1) is 7.59. The van der Waals surface area contributed by atoms with Gasteiger partial charge in [0.2, 0.25) is 5.88 Å². The monoisotopic (exact) mass is 262 g/mol. The lowest BCUT2D eigenvalue weighted by atomic mass is 10.2. The molecule has 0 bridgehead atoms. The molecule has 90 valence electrons. The van der Waals surface area contributed by atoms with Crippen LogP contribution in [-0.2, 0) is 0 Å². The topological polar surface area (TPSA) is 34.1 Å². The Morgan fingerprint density at radius 3 is 2.81 bits per heavy atom. The summed E-state index contributed by atoms with van der Waals surface area (Å²) in [5.74, 6) is 1.06. The van der Waals surface area contributed by atoms with E-state index in [1.165, 1.54) is 6.20 Å². The van der Waals surface area contributed by atoms with Crippen LogP contribution >= 0.6 is 23.2 Å². The van der Waals surface area contributed by atoms with E-state index in [-0.39, 0.29) is 0 Å². The maximum Gasteiger partial charge on any atom is 0.232 e. The molecule has 16 heavy (non-hydrogen) atoms. The Morgan fingerprint density at radius 2 is 2.19 bits per heavy atom. The van der Waals surface area contributed by atoms with Crippen LogP contribution in [0.1, 0.15) is 13.8 Å². The zero-order valence-corrected chi connectivity index (χ0v) is 11.0. The number of nitrogens with one attached hydrogen (secondary N) is 1. The van der Waals surface area contributed by atoms with Gasteiger partial charge < -0.3 is 10.1 Å². The number of hydrogen-bond donors (Lipinski definition) is 1. The van der Waals surface area contributed by atoms with E-state index in [1.807, 2.05) is 0 Å². The Morgan fingerprint density at radius 1 is 1.44 bits per heavy atom. The molecule has 1 N–H and O–H groups in total. The molecule has 0 aliphatic carbocycles. The van der Waals surface area contributed by atoms with Gasteiger partial charge in [-0.25, -0.2) is 4.98 Å². The zero-order chi connectivity index (χ0) is 12.0. The van der Waals surface area contributed by atoms with Gasteiger partial charge in [0.15, 0.2) is 0 Å². The number of rotatable bonds is 6. The maximum absolute atomic E-state index is 5.90. The van der Waals surface area contributed by atoms with Crippen molar-refractivity contribution in [2.75, 3.05) is 19.7 Å². The number of ether oxygens (including phenoxy) is 1. The summed E-state index contributed by atoms with van der Waals surface area (Å²) in [6, 6.07) is 1.62. The quantitative estimate of drug-likeness (QED) is 0.801. The summed E-state index contributed by atoms with van der Waals surface area (Å²) in [6.45, 7) is 6.61. The van der Waals surface area contributed by atoms with Crippen molar-refractivity contribution in [3.05, 3.63) is 22.3 Å². The fourth-order valence-electron chi connectivity index (χ4n) is 1.12. The lowest BCUT2D eigenvalue weighted by molar-refractivity contribution is 0.300. The normalized spacial score (nSPS) is 10.8. The number of hydrogen-bond acceptors (Lipinski definition) is 3. The SMILES string of the molecule is CC(C)CNCCOc1ncc(Cl)cc1Cl. The standard InChI is InChI=1S/C11H16Cl2N2O/c1-8(2)6-14-3-4-16-11-10(13)5-9(12)7-15-11/h5,7-8,14H,3-4,6H2,1-2H3. The smallest absolute Gasteiger partial charge is 0.232 e. The average Bonchev–Trinajstić information content (AvgIpc) is 2.20. The summed E-state index contributed by atoms with van der Waals surface area (Å²) < 4.78 is 5.41. The third kappa shape index (κ3) is 5.01. The molecule has 0 fully saturated rings. The van der Waals surface area contributed by atoms with Gasteiger partial charge >= 0.3 is 0 Å². The molecule has 0 saturated carbocycles. The van der Waals surface area contributed by atoms with Crippen molar-refractivity contribution in [3.8, 4) is 5.88 Å². The van der Waals surface area contributed by atoms with Gasteiger partial charge in [0.25, 0.3) is 0 Å². The number of halogens is 2. The minimum Gasteiger partial charge on any atom is -0.475 e. The number of aromatic nitrogens is 1. The molecule has 0 aliphatic rings. The first-order valence-corrected chi connectivity index (χ1v) is 5.99. The first kappa shape index (κ1) is 13.6. The Kier molecular flexibility index (Phi) is 5.88. The Balaban J connectivity index is 2.27. The fraction of sp³-hybridized carbons (Fsp3) is 0.545. The lowest BCUT2D eigenvalue weighted by Gasteiger charge is -2.09. The molecule has 3 nitrogen and oxygen atoms in total. The van der Waals surface area contributed by atoms with Gasteiger partial charge in [0.1, 0.15) is 11.6 Å². The highest BCUT2D eigenvalue weighted by Crippen LogP contribution is 2.24. The van der Waals surface area contributed by atoms with Crippen molar-refractivity contribution >= 4 is 23.2 Å². The van der Waals surface area contributed by atoms with Crippen molar-refractivity contribution in [1.29, 1.82) is 0 Å². The number of pyridine rings is 1. The van der Waals surface area contributed by atoms with Crippen LogP contribution in [-0.4, -0.2) is 24.7 Å². The van der Waals surface area contributed by atoms with Crippen LogP contribution in [0, 0.1) is 5.92 Å². The van der Waals surface area contributed by atoms with Crippen molar-refractivity contribution in [2.24, 2.45) is 5.92 Å². The molecule has 0 amide bonds. The fourth-order valence-corrected chi connectivity index (χ4v) is 1.55. The second kappa shape index (κ2) is 6.94.